The molecule has 0 aromatic carbocycles. The summed E-state index contributed by atoms with van der Waals surface area (Å²) in [5.74, 6) is 1.03. The summed E-state index contributed by atoms with van der Waals surface area (Å²) in [5, 5.41) is 0. The van der Waals surface area contributed by atoms with Gasteiger partial charge in [-0.25, -0.2) is 4.98 Å². The molecule has 0 atom stereocenters. The minimum Gasteiger partial charge on any atom is -0.355 e. The number of aryl methyl sites for hydroxylation is 1. The van der Waals surface area contributed by atoms with E-state index in [2.05, 4.69) is 21.9 Å². The van der Waals surface area contributed by atoms with Gasteiger partial charge in [0.25, 0.3) is 0 Å². The Hall–Kier alpha value is -1.12. The number of hydrogen-bond acceptors (Lipinski definition) is 3. The molecule has 1 fully saturated rings. The Bertz CT molecular complexity index is 294. The molecule has 1 aromatic rings. The fourth-order valence-corrected chi connectivity index (χ4v) is 1.69. The van der Waals surface area contributed by atoms with Gasteiger partial charge >= 0.3 is 0 Å². The standard InChI is InChI=1S/C10H15N3/c1-8-10(12-7-6-11-8)13(2)9-4-3-5-9/h6-7,9H,3-5H2,1-2H3. The van der Waals surface area contributed by atoms with Crippen molar-refractivity contribution in [3.63, 3.8) is 0 Å². The van der Waals surface area contributed by atoms with E-state index in [1.807, 2.05) is 6.92 Å². The highest BCUT2D eigenvalue weighted by Gasteiger charge is 2.23. The summed E-state index contributed by atoms with van der Waals surface area (Å²) in [7, 11) is 2.11. The molecule has 0 radical (unpaired) electrons. The molecule has 13 heavy (non-hydrogen) atoms. The molecule has 1 saturated carbocycles. The maximum Gasteiger partial charge on any atom is 0.150 e. The first-order valence-corrected chi connectivity index (χ1v) is 4.79. The van der Waals surface area contributed by atoms with Crippen molar-refractivity contribution in [3.05, 3.63) is 18.1 Å². The molecule has 2 rings (SSSR count). The van der Waals surface area contributed by atoms with Gasteiger partial charge in [-0.3, -0.25) is 4.98 Å². The summed E-state index contributed by atoms with van der Waals surface area (Å²) >= 11 is 0. The molecule has 0 amide bonds. The Morgan fingerprint density at radius 1 is 1.31 bits per heavy atom. The van der Waals surface area contributed by atoms with E-state index in [-0.39, 0.29) is 0 Å². The van der Waals surface area contributed by atoms with Crippen LogP contribution in [0.1, 0.15) is 25.0 Å². The van der Waals surface area contributed by atoms with Crippen LogP contribution in [0.15, 0.2) is 12.4 Å². The lowest BCUT2D eigenvalue weighted by Crippen LogP contribution is -2.38. The Balaban J connectivity index is 2.18. The van der Waals surface area contributed by atoms with Crippen molar-refractivity contribution in [3.8, 4) is 0 Å². The van der Waals surface area contributed by atoms with E-state index in [0.29, 0.717) is 6.04 Å². The Morgan fingerprint density at radius 3 is 2.54 bits per heavy atom. The van der Waals surface area contributed by atoms with Crippen molar-refractivity contribution >= 4 is 5.82 Å². The fraction of sp³-hybridized carbons (Fsp3) is 0.600. The summed E-state index contributed by atoms with van der Waals surface area (Å²) in [5.41, 5.74) is 1.02. The predicted octanol–water partition coefficient (Wildman–Crippen LogP) is 1.77. The third kappa shape index (κ3) is 1.50. The van der Waals surface area contributed by atoms with E-state index in [1.54, 1.807) is 12.4 Å². The zero-order valence-corrected chi connectivity index (χ0v) is 8.20. The Kier molecular flexibility index (Phi) is 2.17. The van der Waals surface area contributed by atoms with Crippen molar-refractivity contribution in [1.82, 2.24) is 9.97 Å². The number of nitrogens with zero attached hydrogens (tertiary/aromatic N) is 3. The maximum atomic E-state index is 4.34. The minimum absolute atomic E-state index is 0.690. The molecular weight excluding hydrogens is 162 g/mol. The topological polar surface area (TPSA) is 29.0 Å². The lowest BCUT2D eigenvalue weighted by Gasteiger charge is -2.35. The molecule has 0 N–H and O–H groups in total. The highest BCUT2D eigenvalue weighted by Crippen LogP contribution is 2.27. The van der Waals surface area contributed by atoms with Gasteiger partial charge in [0.15, 0.2) is 0 Å². The molecule has 1 heterocycles. The van der Waals surface area contributed by atoms with E-state index in [4.69, 9.17) is 0 Å². The molecule has 1 aliphatic carbocycles. The molecule has 1 aliphatic rings. The van der Waals surface area contributed by atoms with Crippen LogP contribution in [-0.4, -0.2) is 23.1 Å². The van der Waals surface area contributed by atoms with Crippen LogP contribution >= 0.6 is 0 Å². The second-order valence-electron chi connectivity index (χ2n) is 3.66. The predicted molar refractivity (Wildman–Crippen MR) is 52.8 cm³/mol. The lowest BCUT2D eigenvalue weighted by atomic mass is 9.92. The Labute approximate surface area is 78.8 Å². The number of rotatable bonds is 2. The highest BCUT2D eigenvalue weighted by atomic mass is 15.2. The largest absolute Gasteiger partial charge is 0.355 e. The van der Waals surface area contributed by atoms with Crippen LogP contribution in [-0.2, 0) is 0 Å². The van der Waals surface area contributed by atoms with Gasteiger partial charge in [-0.2, -0.15) is 0 Å². The molecule has 0 bridgehead atoms. The quantitative estimate of drug-likeness (QED) is 0.689. The summed E-state index contributed by atoms with van der Waals surface area (Å²) < 4.78 is 0. The van der Waals surface area contributed by atoms with E-state index >= 15 is 0 Å². The maximum absolute atomic E-state index is 4.34. The van der Waals surface area contributed by atoms with Gasteiger partial charge in [-0.1, -0.05) is 0 Å². The number of anilines is 1. The zero-order valence-electron chi connectivity index (χ0n) is 8.20. The number of aromatic nitrogens is 2. The minimum atomic E-state index is 0.690. The van der Waals surface area contributed by atoms with Crippen molar-refractivity contribution in [2.45, 2.75) is 32.2 Å². The molecule has 0 spiro atoms. The monoisotopic (exact) mass is 177 g/mol. The second-order valence-corrected chi connectivity index (χ2v) is 3.66. The SMILES string of the molecule is Cc1nccnc1N(C)C1CCC1. The van der Waals surface area contributed by atoms with Gasteiger partial charge in [0.05, 0.1) is 5.69 Å². The fourth-order valence-electron chi connectivity index (χ4n) is 1.69. The van der Waals surface area contributed by atoms with Crippen LogP contribution in [0.25, 0.3) is 0 Å². The van der Waals surface area contributed by atoms with Crippen LogP contribution in [0.3, 0.4) is 0 Å². The van der Waals surface area contributed by atoms with Crippen LogP contribution in [0.5, 0.6) is 0 Å². The van der Waals surface area contributed by atoms with Crippen molar-refractivity contribution in [2.75, 3.05) is 11.9 Å². The van der Waals surface area contributed by atoms with E-state index in [0.717, 1.165) is 11.5 Å². The van der Waals surface area contributed by atoms with E-state index < -0.39 is 0 Å². The van der Waals surface area contributed by atoms with Crippen LogP contribution in [0.4, 0.5) is 5.82 Å². The molecule has 1 aromatic heterocycles. The first-order chi connectivity index (χ1) is 6.29. The second kappa shape index (κ2) is 3.32. The normalized spacial score (nSPS) is 16.8. The molecule has 3 heteroatoms. The van der Waals surface area contributed by atoms with Gasteiger partial charge in [0.2, 0.25) is 0 Å². The molecule has 0 aliphatic heterocycles. The average molecular weight is 177 g/mol. The molecule has 0 saturated heterocycles. The highest BCUT2D eigenvalue weighted by molar-refractivity contribution is 5.42. The summed E-state index contributed by atoms with van der Waals surface area (Å²) in [6.45, 7) is 2.01. The lowest BCUT2D eigenvalue weighted by molar-refractivity contribution is 0.398. The van der Waals surface area contributed by atoms with Gasteiger partial charge in [-0.05, 0) is 26.2 Å². The van der Waals surface area contributed by atoms with Crippen LogP contribution in [0, 0.1) is 6.92 Å². The zero-order chi connectivity index (χ0) is 9.26. The first-order valence-electron chi connectivity index (χ1n) is 4.79. The first kappa shape index (κ1) is 8.48. The third-order valence-electron chi connectivity index (χ3n) is 2.81. The molecule has 70 valence electrons. The van der Waals surface area contributed by atoms with Gasteiger partial charge in [0.1, 0.15) is 5.82 Å². The molecule has 0 unspecified atom stereocenters. The van der Waals surface area contributed by atoms with Crippen molar-refractivity contribution < 1.29 is 0 Å². The molecule has 3 nitrogen and oxygen atoms in total. The Morgan fingerprint density at radius 2 is 2.00 bits per heavy atom. The summed E-state index contributed by atoms with van der Waals surface area (Å²) in [6, 6.07) is 0.690. The van der Waals surface area contributed by atoms with Gasteiger partial charge < -0.3 is 4.90 Å². The summed E-state index contributed by atoms with van der Waals surface area (Å²) in [4.78, 5) is 10.8. The average Bonchev–Trinajstić information content (AvgIpc) is 2.01. The smallest absolute Gasteiger partial charge is 0.150 e. The number of hydrogen-bond donors (Lipinski definition) is 0. The van der Waals surface area contributed by atoms with E-state index in [9.17, 15) is 0 Å². The summed E-state index contributed by atoms with van der Waals surface area (Å²) in [6.07, 6.45) is 7.46. The van der Waals surface area contributed by atoms with Crippen LogP contribution < -0.4 is 4.90 Å². The van der Waals surface area contributed by atoms with E-state index in [1.165, 1.54) is 19.3 Å². The van der Waals surface area contributed by atoms with Crippen molar-refractivity contribution in [1.29, 1.82) is 0 Å². The van der Waals surface area contributed by atoms with Gasteiger partial charge in [0, 0.05) is 25.5 Å². The van der Waals surface area contributed by atoms with Crippen molar-refractivity contribution in [2.24, 2.45) is 0 Å². The third-order valence-corrected chi connectivity index (χ3v) is 2.81. The van der Waals surface area contributed by atoms with Gasteiger partial charge in [-0.15, -0.1) is 0 Å². The van der Waals surface area contributed by atoms with Crippen LogP contribution in [0.2, 0.25) is 0 Å². The molecular formula is C10H15N3.